The molecule has 17 heavy (non-hydrogen) atoms. The van der Waals surface area contributed by atoms with Crippen molar-refractivity contribution in [2.24, 2.45) is 0 Å². The molecule has 0 bridgehead atoms. The highest BCUT2D eigenvalue weighted by Gasteiger charge is 2.28. The number of carbonyl (C=O) groups excluding carboxylic acids is 1. The van der Waals surface area contributed by atoms with E-state index in [-0.39, 0.29) is 12.0 Å². The largest absolute Gasteiger partial charge is 0.366 e. The van der Waals surface area contributed by atoms with Gasteiger partial charge in [-0.1, -0.05) is 6.08 Å². The van der Waals surface area contributed by atoms with E-state index in [1.54, 1.807) is 0 Å². The number of nitrogens with one attached hydrogen (secondary N) is 1. The Morgan fingerprint density at radius 3 is 2.76 bits per heavy atom. The molecule has 5 heteroatoms. The quantitative estimate of drug-likeness (QED) is 0.662. The average Bonchev–Trinajstić information content (AvgIpc) is 2.40. The molecule has 0 radical (unpaired) electrons. The van der Waals surface area contributed by atoms with Crippen molar-refractivity contribution in [3.8, 4) is 0 Å². The molecule has 96 valence electrons. The van der Waals surface area contributed by atoms with Gasteiger partial charge in [0.25, 0.3) is 5.91 Å². The lowest BCUT2D eigenvalue weighted by Gasteiger charge is -2.36. The minimum Gasteiger partial charge on any atom is -0.366 e. The maximum atomic E-state index is 12.1. The van der Waals surface area contributed by atoms with Crippen LogP contribution in [0.4, 0.5) is 0 Å². The van der Waals surface area contributed by atoms with Crippen molar-refractivity contribution in [3.05, 3.63) is 12.7 Å². The molecule has 0 spiro atoms. The second-order valence-corrected chi connectivity index (χ2v) is 4.48. The molecular weight excluding hydrogens is 218 g/mol. The van der Waals surface area contributed by atoms with Crippen molar-refractivity contribution < 1.29 is 9.53 Å². The number of nitrogens with zero attached hydrogens (tertiary/aromatic N) is 2. The number of hydrogen-bond acceptors (Lipinski definition) is 4. The van der Waals surface area contributed by atoms with Crippen molar-refractivity contribution in [1.29, 1.82) is 0 Å². The minimum absolute atomic E-state index is 0.135. The van der Waals surface area contributed by atoms with Crippen LogP contribution < -0.4 is 5.32 Å². The fourth-order valence-electron chi connectivity index (χ4n) is 2.26. The van der Waals surface area contributed by atoms with Crippen LogP contribution in [0.15, 0.2) is 12.7 Å². The summed E-state index contributed by atoms with van der Waals surface area (Å²) in [7, 11) is 0. The molecule has 1 amide bonds. The molecule has 2 heterocycles. The lowest BCUT2D eigenvalue weighted by molar-refractivity contribution is -0.146. The summed E-state index contributed by atoms with van der Waals surface area (Å²) in [6.45, 7) is 10.2. The molecule has 2 rings (SSSR count). The van der Waals surface area contributed by atoms with Crippen LogP contribution in [0, 0.1) is 0 Å². The molecule has 0 aromatic rings. The van der Waals surface area contributed by atoms with E-state index in [0.29, 0.717) is 13.2 Å². The summed E-state index contributed by atoms with van der Waals surface area (Å²) in [5.74, 6) is 0.135. The Bertz CT molecular complexity index is 269. The van der Waals surface area contributed by atoms with Crippen molar-refractivity contribution in [3.63, 3.8) is 0 Å². The zero-order valence-corrected chi connectivity index (χ0v) is 10.2. The van der Waals surface area contributed by atoms with E-state index >= 15 is 0 Å². The molecule has 2 aliphatic rings. The van der Waals surface area contributed by atoms with E-state index in [4.69, 9.17) is 4.74 Å². The van der Waals surface area contributed by atoms with Gasteiger partial charge >= 0.3 is 0 Å². The standard InChI is InChI=1S/C12H21N3O2/c1-2-4-14-5-7-15(8-6-14)12(16)11-10-13-3-9-17-11/h2,11,13H,1,3-10H2. The molecule has 1 unspecified atom stereocenters. The molecule has 0 aromatic carbocycles. The zero-order valence-electron chi connectivity index (χ0n) is 10.2. The first-order chi connectivity index (χ1) is 8.31. The molecule has 1 atom stereocenters. The van der Waals surface area contributed by atoms with Gasteiger partial charge in [-0.25, -0.2) is 0 Å². The number of ether oxygens (including phenoxy) is 1. The van der Waals surface area contributed by atoms with Gasteiger partial charge in [0.15, 0.2) is 0 Å². The zero-order chi connectivity index (χ0) is 12.1. The Balaban J connectivity index is 1.79. The lowest BCUT2D eigenvalue weighted by atomic mass is 10.2. The lowest BCUT2D eigenvalue weighted by Crippen LogP contribution is -2.55. The number of rotatable bonds is 3. The summed E-state index contributed by atoms with van der Waals surface area (Å²) in [5.41, 5.74) is 0. The van der Waals surface area contributed by atoms with E-state index in [0.717, 1.165) is 39.3 Å². The highest BCUT2D eigenvalue weighted by atomic mass is 16.5. The van der Waals surface area contributed by atoms with E-state index in [9.17, 15) is 4.79 Å². The van der Waals surface area contributed by atoms with Gasteiger partial charge in [-0.15, -0.1) is 6.58 Å². The van der Waals surface area contributed by atoms with Gasteiger partial charge in [0, 0.05) is 45.8 Å². The molecular formula is C12H21N3O2. The summed E-state index contributed by atoms with van der Waals surface area (Å²) in [4.78, 5) is 16.4. The van der Waals surface area contributed by atoms with Gasteiger partial charge in [0.2, 0.25) is 0 Å². The van der Waals surface area contributed by atoms with Crippen LogP contribution in [0.25, 0.3) is 0 Å². The van der Waals surface area contributed by atoms with Gasteiger partial charge in [-0.05, 0) is 0 Å². The topological polar surface area (TPSA) is 44.8 Å². The van der Waals surface area contributed by atoms with Crippen LogP contribution in [-0.4, -0.2) is 74.2 Å². The van der Waals surface area contributed by atoms with Crippen LogP contribution >= 0.6 is 0 Å². The molecule has 2 fully saturated rings. The molecule has 2 saturated heterocycles. The van der Waals surface area contributed by atoms with Gasteiger partial charge in [0.05, 0.1) is 6.61 Å². The third-order valence-electron chi connectivity index (χ3n) is 3.27. The average molecular weight is 239 g/mol. The predicted molar refractivity (Wildman–Crippen MR) is 65.8 cm³/mol. The van der Waals surface area contributed by atoms with Crippen LogP contribution in [0.5, 0.6) is 0 Å². The minimum atomic E-state index is -0.283. The van der Waals surface area contributed by atoms with E-state index in [1.165, 1.54) is 0 Å². The first-order valence-electron chi connectivity index (χ1n) is 6.25. The molecule has 2 aliphatic heterocycles. The fraction of sp³-hybridized carbons (Fsp3) is 0.750. The Labute approximate surface area is 102 Å². The highest BCUT2D eigenvalue weighted by Crippen LogP contribution is 2.07. The van der Waals surface area contributed by atoms with Crippen molar-refractivity contribution >= 4 is 5.91 Å². The summed E-state index contributed by atoms with van der Waals surface area (Å²) >= 11 is 0. The van der Waals surface area contributed by atoms with Crippen LogP contribution in [-0.2, 0) is 9.53 Å². The van der Waals surface area contributed by atoms with Gasteiger partial charge in [0.1, 0.15) is 6.10 Å². The summed E-state index contributed by atoms with van der Waals surface area (Å²) in [5, 5.41) is 3.19. The smallest absolute Gasteiger partial charge is 0.253 e. The van der Waals surface area contributed by atoms with Crippen molar-refractivity contribution in [1.82, 2.24) is 15.1 Å². The summed E-state index contributed by atoms with van der Waals surface area (Å²) in [6.07, 6.45) is 1.63. The van der Waals surface area contributed by atoms with Gasteiger partial charge in [-0.2, -0.15) is 0 Å². The SMILES string of the molecule is C=CCN1CCN(C(=O)C2CNCCO2)CC1. The molecule has 0 aromatic heterocycles. The maximum Gasteiger partial charge on any atom is 0.253 e. The first-order valence-corrected chi connectivity index (χ1v) is 6.25. The predicted octanol–water partition coefficient (Wildman–Crippen LogP) is -0.695. The van der Waals surface area contributed by atoms with Crippen LogP contribution in [0.1, 0.15) is 0 Å². The number of amides is 1. The van der Waals surface area contributed by atoms with Crippen LogP contribution in [0.2, 0.25) is 0 Å². The summed E-state index contributed by atoms with van der Waals surface area (Å²) in [6, 6.07) is 0. The number of piperazine rings is 1. The van der Waals surface area contributed by atoms with Crippen molar-refractivity contribution in [2.45, 2.75) is 6.10 Å². The third-order valence-corrected chi connectivity index (χ3v) is 3.27. The second kappa shape index (κ2) is 6.14. The van der Waals surface area contributed by atoms with E-state index in [2.05, 4.69) is 16.8 Å². The Morgan fingerprint density at radius 1 is 1.41 bits per heavy atom. The van der Waals surface area contributed by atoms with Crippen molar-refractivity contribution in [2.75, 3.05) is 52.4 Å². The second-order valence-electron chi connectivity index (χ2n) is 4.48. The molecule has 5 nitrogen and oxygen atoms in total. The van der Waals surface area contributed by atoms with Crippen LogP contribution in [0.3, 0.4) is 0 Å². The van der Waals surface area contributed by atoms with E-state index < -0.39 is 0 Å². The van der Waals surface area contributed by atoms with Gasteiger partial charge < -0.3 is 15.0 Å². The van der Waals surface area contributed by atoms with E-state index in [1.807, 2.05) is 11.0 Å². The normalized spacial score (nSPS) is 26.8. The molecule has 0 saturated carbocycles. The number of hydrogen-bond donors (Lipinski definition) is 1. The number of carbonyl (C=O) groups is 1. The maximum absolute atomic E-state index is 12.1. The third kappa shape index (κ3) is 3.28. The summed E-state index contributed by atoms with van der Waals surface area (Å²) < 4.78 is 5.48. The fourth-order valence-corrected chi connectivity index (χ4v) is 2.26. The highest BCUT2D eigenvalue weighted by molar-refractivity contribution is 5.81. The first kappa shape index (κ1) is 12.5. The number of morpholine rings is 1. The Morgan fingerprint density at radius 2 is 2.18 bits per heavy atom. The Hall–Kier alpha value is -0.910. The molecule has 0 aliphatic carbocycles. The monoisotopic (exact) mass is 239 g/mol. The van der Waals surface area contributed by atoms with Gasteiger partial charge in [-0.3, -0.25) is 9.69 Å². The molecule has 1 N–H and O–H groups in total. The Kier molecular flexibility index (Phi) is 4.53.